The van der Waals surface area contributed by atoms with Crippen LogP contribution in [-0.4, -0.2) is 24.7 Å². The summed E-state index contributed by atoms with van der Waals surface area (Å²) in [5.74, 6) is 0. The summed E-state index contributed by atoms with van der Waals surface area (Å²) in [6.07, 6.45) is 1.05. The fraction of sp³-hybridized carbons (Fsp3) is 0.385. The monoisotopic (exact) mass is 216 g/mol. The SMILES string of the molecule is COCC1Cc2c([nH]c3ccccc23)CN1. The zero-order chi connectivity index (χ0) is 11.0. The van der Waals surface area contributed by atoms with E-state index in [9.17, 15) is 0 Å². The number of nitrogens with one attached hydrogen (secondary N) is 2. The predicted octanol–water partition coefficient (Wildman–Crippen LogP) is 1.83. The third kappa shape index (κ3) is 1.52. The van der Waals surface area contributed by atoms with Gasteiger partial charge in [0.1, 0.15) is 0 Å². The van der Waals surface area contributed by atoms with Gasteiger partial charge in [0.15, 0.2) is 0 Å². The van der Waals surface area contributed by atoms with Gasteiger partial charge in [-0.05, 0) is 18.1 Å². The van der Waals surface area contributed by atoms with Gasteiger partial charge in [0.2, 0.25) is 0 Å². The van der Waals surface area contributed by atoms with Crippen molar-refractivity contribution in [3.05, 3.63) is 35.5 Å². The summed E-state index contributed by atoms with van der Waals surface area (Å²) in [6, 6.07) is 8.95. The molecule has 3 nitrogen and oxygen atoms in total. The van der Waals surface area contributed by atoms with Gasteiger partial charge in [-0.25, -0.2) is 0 Å². The predicted molar refractivity (Wildman–Crippen MR) is 64.5 cm³/mol. The van der Waals surface area contributed by atoms with Crippen molar-refractivity contribution in [1.82, 2.24) is 10.3 Å². The third-order valence-electron chi connectivity index (χ3n) is 3.29. The summed E-state index contributed by atoms with van der Waals surface area (Å²) < 4.78 is 5.21. The molecule has 0 fully saturated rings. The number of rotatable bonds is 2. The Balaban J connectivity index is 2.01. The largest absolute Gasteiger partial charge is 0.383 e. The highest BCUT2D eigenvalue weighted by Gasteiger charge is 2.21. The van der Waals surface area contributed by atoms with E-state index in [-0.39, 0.29) is 0 Å². The molecule has 1 aromatic heterocycles. The van der Waals surface area contributed by atoms with Crippen LogP contribution in [0.4, 0.5) is 0 Å². The molecule has 1 atom stereocenters. The molecule has 2 N–H and O–H groups in total. The van der Waals surface area contributed by atoms with Crippen LogP contribution in [0.25, 0.3) is 10.9 Å². The number of hydrogen-bond acceptors (Lipinski definition) is 2. The molecule has 1 unspecified atom stereocenters. The van der Waals surface area contributed by atoms with Crippen LogP contribution in [-0.2, 0) is 17.7 Å². The van der Waals surface area contributed by atoms with Crippen LogP contribution in [0.3, 0.4) is 0 Å². The quantitative estimate of drug-likeness (QED) is 0.803. The number of H-pyrrole nitrogens is 1. The van der Waals surface area contributed by atoms with E-state index in [1.807, 2.05) is 0 Å². The van der Waals surface area contributed by atoms with Crippen LogP contribution in [0.2, 0.25) is 0 Å². The minimum absolute atomic E-state index is 0.441. The Hall–Kier alpha value is -1.32. The molecule has 1 aliphatic heterocycles. The normalized spacial score (nSPS) is 19.9. The van der Waals surface area contributed by atoms with E-state index < -0.39 is 0 Å². The van der Waals surface area contributed by atoms with Crippen molar-refractivity contribution in [3.63, 3.8) is 0 Å². The molecule has 0 amide bonds. The van der Waals surface area contributed by atoms with Crippen LogP contribution in [0, 0.1) is 0 Å². The molecule has 2 aromatic rings. The van der Waals surface area contributed by atoms with Crippen molar-refractivity contribution < 1.29 is 4.74 Å². The average Bonchev–Trinajstić information content (AvgIpc) is 2.68. The second-order valence-electron chi connectivity index (χ2n) is 4.36. The van der Waals surface area contributed by atoms with E-state index in [1.165, 1.54) is 22.2 Å². The molecule has 0 saturated carbocycles. The average molecular weight is 216 g/mol. The topological polar surface area (TPSA) is 37.0 Å². The lowest BCUT2D eigenvalue weighted by molar-refractivity contribution is 0.162. The van der Waals surface area contributed by atoms with Crippen molar-refractivity contribution in [2.45, 2.75) is 19.0 Å². The van der Waals surface area contributed by atoms with E-state index in [2.05, 4.69) is 34.6 Å². The minimum Gasteiger partial charge on any atom is -0.383 e. The number of aromatic nitrogens is 1. The number of hydrogen-bond donors (Lipinski definition) is 2. The Morgan fingerprint density at radius 3 is 3.12 bits per heavy atom. The Bertz CT molecular complexity index is 504. The molecule has 3 heteroatoms. The maximum absolute atomic E-state index is 5.21. The first-order chi connectivity index (χ1) is 7.88. The summed E-state index contributed by atoms with van der Waals surface area (Å²) in [4.78, 5) is 3.48. The second kappa shape index (κ2) is 3.92. The smallest absolute Gasteiger partial charge is 0.0619 e. The maximum Gasteiger partial charge on any atom is 0.0619 e. The van der Waals surface area contributed by atoms with Gasteiger partial charge < -0.3 is 15.0 Å². The zero-order valence-electron chi connectivity index (χ0n) is 9.42. The summed E-state index contributed by atoms with van der Waals surface area (Å²) in [5.41, 5.74) is 4.03. The molecule has 84 valence electrons. The van der Waals surface area contributed by atoms with E-state index in [0.717, 1.165) is 19.6 Å². The van der Waals surface area contributed by atoms with Crippen LogP contribution in [0.15, 0.2) is 24.3 Å². The second-order valence-corrected chi connectivity index (χ2v) is 4.36. The molecular weight excluding hydrogens is 200 g/mol. The van der Waals surface area contributed by atoms with Crippen molar-refractivity contribution in [1.29, 1.82) is 0 Å². The summed E-state index contributed by atoms with van der Waals surface area (Å²) in [7, 11) is 1.76. The molecule has 3 rings (SSSR count). The minimum atomic E-state index is 0.441. The number of methoxy groups -OCH3 is 1. The van der Waals surface area contributed by atoms with Crippen molar-refractivity contribution in [3.8, 4) is 0 Å². The van der Waals surface area contributed by atoms with Gasteiger partial charge in [-0.3, -0.25) is 0 Å². The zero-order valence-corrected chi connectivity index (χ0v) is 9.42. The van der Waals surface area contributed by atoms with Crippen LogP contribution >= 0.6 is 0 Å². The first-order valence-electron chi connectivity index (χ1n) is 5.69. The van der Waals surface area contributed by atoms with Gasteiger partial charge in [0.25, 0.3) is 0 Å². The molecule has 16 heavy (non-hydrogen) atoms. The summed E-state index contributed by atoms with van der Waals surface area (Å²) in [5, 5.41) is 4.84. The number of para-hydroxylation sites is 1. The molecule has 0 bridgehead atoms. The highest BCUT2D eigenvalue weighted by molar-refractivity contribution is 5.84. The fourth-order valence-electron chi connectivity index (χ4n) is 2.52. The number of aromatic amines is 1. The summed E-state index contributed by atoms with van der Waals surface area (Å²) >= 11 is 0. The Morgan fingerprint density at radius 1 is 1.38 bits per heavy atom. The van der Waals surface area contributed by atoms with E-state index >= 15 is 0 Å². The number of benzene rings is 1. The van der Waals surface area contributed by atoms with Gasteiger partial charge in [-0.2, -0.15) is 0 Å². The first kappa shape index (κ1) is 9.87. The Kier molecular flexibility index (Phi) is 2.42. The molecule has 0 radical (unpaired) electrons. The molecule has 1 aromatic carbocycles. The van der Waals surface area contributed by atoms with Crippen molar-refractivity contribution in [2.24, 2.45) is 0 Å². The first-order valence-corrected chi connectivity index (χ1v) is 5.69. The molecule has 0 saturated heterocycles. The van der Waals surface area contributed by atoms with Gasteiger partial charge in [0, 0.05) is 36.3 Å². The molecule has 2 heterocycles. The number of ether oxygens (including phenoxy) is 1. The number of fused-ring (bicyclic) bond motifs is 3. The lowest BCUT2D eigenvalue weighted by Gasteiger charge is -2.23. The molecular formula is C13H16N2O. The van der Waals surface area contributed by atoms with E-state index in [4.69, 9.17) is 4.74 Å². The lowest BCUT2D eigenvalue weighted by atomic mass is 9.99. The molecule has 0 spiro atoms. The lowest BCUT2D eigenvalue weighted by Crippen LogP contribution is -2.38. The summed E-state index contributed by atoms with van der Waals surface area (Å²) in [6.45, 7) is 1.69. The maximum atomic E-state index is 5.21. The van der Waals surface area contributed by atoms with Crippen LogP contribution in [0.5, 0.6) is 0 Å². The standard InChI is InChI=1S/C13H16N2O/c1-16-8-9-6-11-10-4-2-3-5-12(10)15-13(11)7-14-9/h2-5,9,14-15H,6-8H2,1H3. The molecule has 0 aliphatic carbocycles. The van der Waals surface area contributed by atoms with E-state index in [1.54, 1.807) is 7.11 Å². The highest BCUT2D eigenvalue weighted by atomic mass is 16.5. The highest BCUT2D eigenvalue weighted by Crippen LogP contribution is 2.26. The van der Waals surface area contributed by atoms with Gasteiger partial charge >= 0.3 is 0 Å². The van der Waals surface area contributed by atoms with Crippen LogP contribution < -0.4 is 5.32 Å². The van der Waals surface area contributed by atoms with Crippen molar-refractivity contribution >= 4 is 10.9 Å². The van der Waals surface area contributed by atoms with Crippen LogP contribution in [0.1, 0.15) is 11.3 Å². The van der Waals surface area contributed by atoms with E-state index in [0.29, 0.717) is 6.04 Å². The third-order valence-corrected chi connectivity index (χ3v) is 3.29. The van der Waals surface area contributed by atoms with Gasteiger partial charge in [-0.15, -0.1) is 0 Å². The van der Waals surface area contributed by atoms with Gasteiger partial charge in [0.05, 0.1) is 6.61 Å². The fourth-order valence-corrected chi connectivity index (χ4v) is 2.52. The Morgan fingerprint density at radius 2 is 2.25 bits per heavy atom. The Labute approximate surface area is 94.8 Å². The van der Waals surface area contributed by atoms with Gasteiger partial charge in [-0.1, -0.05) is 18.2 Å². The molecule has 1 aliphatic rings. The van der Waals surface area contributed by atoms with Crippen molar-refractivity contribution in [2.75, 3.05) is 13.7 Å².